The van der Waals surface area contributed by atoms with Gasteiger partial charge in [0.25, 0.3) is 5.91 Å². The Morgan fingerprint density at radius 1 is 1.32 bits per heavy atom. The molecule has 1 aromatic carbocycles. The lowest BCUT2D eigenvalue weighted by Crippen LogP contribution is -2.37. The zero-order valence-electron chi connectivity index (χ0n) is 13.7. The lowest BCUT2D eigenvalue weighted by Gasteiger charge is -2.27. The van der Waals surface area contributed by atoms with Crippen LogP contribution in [0.2, 0.25) is 5.02 Å². The van der Waals surface area contributed by atoms with Crippen molar-refractivity contribution in [3.63, 3.8) is 0 Å². The summed E-state index contributed by atoms with van der Waals surface area (Å²) in [5.41, 5.74) is 3.55. The molecule has 1 aliphatic heterocycles. The minimum atomic E-state index is -0.386. The van der Waals surface area contributed by atoms with Crippen LogP contribution >= 0.6 is 22.9 Å². The fourth-order valence-electron chi connectivity index (χ4n) is 3.12. The maximum Gasteiger partial charge on any atom is 0.265 e. The Hall–Kier alpha value is -2.15. The van der Waals surface area contributed by atoms with Gasteiger partial charge in [-0.3, -0.25) is 4.79 Å². The molecule has 2 N–H and O–H groups in total. The van der Waals surface area contributed by atoms with Crippen LogP contribution in [0.25, 0.3) is 10.2 Å². The average Bonchev–Trinajstić information content (AvgIpc) is 2.94. The maximum absolute atomic E-state index is 12.7. The van der Waals surface area contributed by atoms with E-state index in [2.05, 4.69) is 15.6 Å². The number of fused-ring (bicyclic) bond motifs is 3. The number of aryl methyl sites for hydroxylation is 1. The molecule has 0 unspecified atom stereocenters. The summed E-state index contributed by atoms with van der Waals surface area (Å²) < 4.78 is 5.34. The van der Waals surface area contributed by atoms with E-state index in [4.69, 9.17) is 16.3 Å². The third kappa shape index (κ3) is 2.76. The molecular weight excluding hydrogens is 358 g/mol. The molecule has 0 bridgehead atoms. The molecule has 1 aliphatic rings. The highest BCUT2D eigenvalue weighted by molar-refractivity contribution is 7.21. The van der Waals surface area contributed by atoms with Crippen molar-refractivity contribution in [3.05, 3.63) is 57.1 Å². The molecule has 7 heteroatoms. The molecule has 3 aromatic rings. The van der Waals surface area contributed by atoms with Crippen molar-refractivity contribution >= 4 is 44.7 Å². The van der Waals surface area contributed by atoms with Crippen LogP contribution in [0.5, 0.6) is 0 Å². The summed E-state index contributed by atoms with van der Waals surface area (Å²) in [5, 5.41) is 7.95. The van der Waals surface area contributed by atoms with Gasteiger partial charge in [-0.1, -0.05) is 29.8 Å². The number of hydrogen-bond acceptors (Lipinski definition) is 5. The second-order valence-corrected chi connectivity index (χ2v) is 7.32. The van der Waals surface area contributed by atoms with Crippen LogP contribution < -0.4 is 10.6 Å². The predicted molar refractivity (Wildman–Crippen MR) is 100 cm³/mol. The van der Waals surface area contributed by atoms with Crippen molar-refractivity contribution in [2.45, 2.75) is 19.7 Å². The number of halogens is 1. The second-order valence-electron chi connectivity index (χ2n) is 5.91. The summed E-state index contributed by atoms with van der Waals surface area (Å²) in [6, 6.07) is 9.48. The lowest BCUT2D eigenvalue weighted by atomic mass is 10.1. The standard InChI is InChI=1S/C18H16ClN3O2S/c1-9-7-10(8-24-2)13-14-15(25-18(13)20-9)17(23)22-16(21-14)11-5-3-4-6-12(11)19/h3-7,16,21H,8H2,1-2H3,(H,22,23)/t16-/m1/s1. The van der Waals surface area contributed by atoms with Crippen LogP contribution in [-0.4, -0.2) is 18.0 Å². The molecule has 0 spiro atoms. The molecule has 0 radical (unpaired) electrons. The zero-order valence-corrected chi connectivity index (χ0v) is 15.3. The third-order valence-corrected chi connectivity index (χ3v) is 5.58. The first-order chi connectivity index (χ1) is 12.1. The third-order valence-electron chi connectivity index (χ3n) is 4.16. The van der Waals surface area contributed by atoms with Crippen molar-refractivity contribution in [2.75, 3.05) is 12.4 Å². The number of aromatic nitrogens is 1. The number of amides is 1. The Balaban J connectivity index is 1.87. The number of ether oxygens (including phenoxy) is 1. The summed E-state index contributed by atoms with van der Waals surface area (Å²) in [6.07, 6.45) is -0.386. The summed E-state index contributed by atoms with van der Waals surface area (Å²) >= 11 is 7.69. The highest BCUT2D eigenvalue weighted by Gasteiger charge is 2.31. The van der Waals surface area contributed by atoms with Gasteiger partial charge in [0.15, 0.2) is 0 Å². The van der Waals surface area contributed by atoms with Crippen molar-refractivity contribution < 1.29 is 9.53 Å². The SMILES string of the molecule is COCc1cc(C)nc2sc3c(c12)N[C@@H](c1ccccc1Cl)NC3=O. The summed E-state index contributed by atoms with van der Waals surface area (Å²) in [4.78, 5) is 18.7. The van der Waals surface area contributed by atoms with Gasteiger partial charge in [0.1, 0.15) is 15.9 Å². The predicted octanol–water partition coefficient (Wildman–Crippen LogP) is 4.26. The topological polar surface area (TPSA) is 63.2 Å². The Kier molecular flexibility index (Phi) is 4.11. The molecule has 1 atom stereocenters. The van der Waals surface area contributed by atoms with Gasteiger partial charge in [0.2, 0.25) is 0 Å². The first kappa shape index (κ1) is 16.3. The minimum absolute atomic E-state index is 0.123. The molecule has 3 heterocycles. The molecule has 4 rings (SSSR count). The molecule has 0 saturated heterocycles. The largest absolute Gasteiger partial charge is 0.380 e. The number of methoxy groups -OCH3 is 1. The highest BCUT2D eigenvalue weighted by Crippen LogP contribution is 2.41. The van der Waals surface area contributed by atoms with E-state index in [0.717, 1.165) is 32.7 Å². The lowest BCUT2D eigenvalue weighted by molar-refractivity contribution is 0.0940. The van der Waals surface area contributed by atoms with Crippen molar-refractivity contribution in [1.29, 1.82) is 0 Å². The number of benzene rings is 1. The highest BCUT2D eigenvalue weighted by atomic mass is 35.5. The van der Waals surface area contributed by atoms with Crippen molar-refractivity contribution in [2.24, 2.45) is 0 Å². The summed E-state index contributed by atoms with van der Waals surface area (Å²) in [7, 11) is 1.66. The molecule has 0 aliphatic carbocycles. The van der Waals surface area contributed by atoms with Crippen LogP contribution in [0.4, 0.5) is 5.69 Å². The van der Waals surface area contributed by atoms with Gasteiger partial charge in [-0.2, -0.15) is 0 Å². The quantitative estimate of drug-likeness (QED) is 0.720. The smallest absolute Gasteiger partial charge is 0.265 e. The van der Waals surface area contributed by atoms with Gasteiger partial charge < -0.3 is 15.4 Å². The van der Waals surface area contributed by atoms with Gasteiger partial charge in [0.05, 0.1) is 12.3 Å². The molecule has 1 amide bonds. The fraction of sp³-hybridized carbons (Fsp3) is 0.222. The number of carbonyl (C=O) groups excluding carboxylic acids is 1. The Bertz CT molecular complexity index is 986. The maximum atomic E-state index is 12.7. The monoisotopic (exact) mass is 373 g/mol. The molecule has 128 valence electrons. The Morgan fingerprint density at radius 2 is 2.12 bits per heavy atom. The fourth-order valence-corrected chi connectivity index (χ4v) is 4.50. The molecule has 0 saturated carbocycles. The minimum Gasteiger partial charge on any atom is -0.380 e. The van der Waals surface area contributed by atoms with Crippen LogP contribution in [0.3, 0.4) is 0 Å². The van der Waals surface area contributed by atoms with E-state index in [1.54, 1.807) is 7.11 Å². The number of anilines is 1. The molecular formula is C18H16ClN3O2S. The first-order valence-corrected chi connectivity index (χ1v) is 9.01. The van der Waals surface area contributed by atoms with Crippen molar-refractivity contribution in [3.8, 4) is 0 Å². The van der Waals surface area contributed by atoms with Crippen LogP contribution in [-0.2, 0) is 11.3 Å². The number of pyridine rings is 1. The van der Waals surface area contributed by atoms with Crippen LogP contribution in [0, 0.1) is 6.92 Å². The zero-order chi connectivity index (χ0) is 17.6. The van der Waals surface area contributed by atoms with Gasteiger partial charge in [-0.25, -0.2) is 4.98 Å². The van der Waals surface area contributed by atoms with Crippen LogP contribution in [0.15, 0.2) is 30.3 Å². The number of carbonyl (C=O) groups is 1. The van der Waals surface area contributed by atoms with Crippen LogP contribution in [0.1, 0.15) is 32.7 Å². The number of nitrogens with zero attached hydrogens (tertiary/aromatic N) is 1. The number of nitrogens with one attached hydrogen (secondary N) is 2. The van der Waals surface area contributed by atoms with Gasteiger partial charge in [-0.05, 0) is 24.6 Å². The van der Waals surface area contributed by atoms with E-state index >= 15 is 0 Å². The molecule has 0 fully saturated rings. The second kappa shape index (κ2) is 6.29. The normalized spacial score (nSPS) is 16.4. The average molecular weight is 374 g/mol. The van der Waals surface area contributed by atoms with E-state index in [-0.39, 0.29) is 12.1 Å². The van der Waals surface area contributed by atoms with E-state index in [0.29, 0.717) is 16.5 Å². The van der Waals surface area contributed by atoms with E-state index in [9.17, 15) is 4.79 Å². The summed E-state index contributed by atoms with van der Waals surface area (Å²) in [5.74, 6) is -0.123. The first-order valence-electron chi connectivity index (χ1n) is 7.82. The molecule has 5 nitrogen and oxygen atoms in total. The van der Waals surface area contributed by atoms with Crippen molar-refractivity contribution in [1.82, 2.24) is 10.3 Å². The summed E-state index contributed by atoms with van der Waals surface area (Å²) in [6.45, 7) is 2.40. The van der Waals surface area contributed by atoms with Gasteiger partial charge in [0, 0.05) is 28.8 Å². The number of hydrogen-bond donors (Lipinski definition) is 2. The number of rotatable bonds is 3. The van der Waals surface area contributed by atoms with E-state index in [1.807, 2.05) is 37.3 Å². The van der Waals surface area contributed by atoms with Gasteiger partial charge in [-0.15, -0.1) is 11.3 Å². The Labute approximate surface area is 154 Å². The van der Waals surface area contributed by atoms with E-state index in [1.165, 1.54) is 11.3 Å². The molecule has 25 heavy (non-hydrogen) atoms. The van der Waals surface area contributed by atoms with E-state index < -0.39 is 0 Å². The Morgan fingerprint density at radius 3 is 2.88 bits per heavy atom. The molecule has 2 aromatic heterocycles. The number of thiophene rings is 1. The van der Waals surface area contributed by atoms with Gasteiger partial charge >= 0.3 is 0 Å².